The molecule has 0 fully saturated rings. The second-order valence-corrected chi connectivity index (χ2v) is 8.67. The number of anilines is 1. The second kappa shape index (κ2) is 9.37. The number of nitrogens with two attached hydrogens (primary N) is 1. The smallest absolute Gasteiger partial charge is 0.251 e. The number of nitrogen functional groups attached to an aromatic ring is 1. The van der Waals surface area contributed by atoms with Gasteiger partial charge in [-0.15, -0.1) is 0 Å². The molecule has 174 valence electrons. The zero-order valence-electron chi connectivity index (χ0n) is 19.1. The van der Waals surface area contributed by atoms with Crippen molar-refractivity contribution in [1.82, 2.24) is 15.2 Å². The standard InChI is InChI=1S/C27H27FN4O2/c1-34-13-12-32-11-9-21(16-32)17-2-4-18(5-3-17)23-15-24(26(29)31-25(23)28)19-6-7-22-20(14-19)8-10-30-27(22)33/h2-7,9,14-15H,8,10-13,16H2,1H3,(H2,29,31)(H,30,33). The number of carbonyl (C=O) groups excluding carboxylic acids is 1. The van der Waals surface area contributed by atoms with Crippen molar-refractivity contribution in [2.45, 2.75) is 6.42 Å². The van der Waals surface area contributed by atoms with Gasteiger partial charge in [0.2, 0.25) is 5.95 Å². The molecule has 3 N–H and O–H groups in total. The molecule has 2 aliphatic rings. The first-order chi connectivity index (χ1) is 16.5. The van der Waals surface area contributed by atoms with Gasteiger partial charge in [0, 0.05) is 50.0 Å². The van der Waals surface area contributed by atoms with Crippen LogP contribution in [0.5, 0.6) is 0 Å². The van der Waals surface area contributed by atoms with Crippen LogP contribution in [0.1, 0.15) is 21.5 Å². The highest BCUT2D eigenvalue weighted by Crippen LogP contribution is 2.34. The van der Waals surface area contributed by atoms with Crippen molar-refractivity contribution in [3.05, 3.63) is 77.2 Å². The van der Waals surface area contributed by atoms with Gasteiger partial charge < -0.3 is 15.8 Å². The predicted octanol–water partition coefficient (Wildman–Crippen LogP) is 3.77. The summed E-state index contributed by atoms with van der Waals surface area (Å²) in [6, 6.07) is 15.2. The average molecular weight is 459 g/mol. The maximum absolute atomic E-state index is 14.9. The molecule has 0 unspecified atom stereocenters. The van der Waals surface area contributed by atoms with Crippen molar-refractivity contribution in [1.29, 1.82) is 0 Å². The summed E-state index contributed by atoms with van der Waals surface area (Å²) in [7, 11) is 1.71. The zero-order valence-corrected chi connectivity index (χ0v) is 19.1. The number of aromatic nitrogens is 1. The quantitative estimate of drug-likeness (QED) is 0.550. The number of benzene rings is 2. The maximum Gasteiger partial charge on any atom is 0.251 e. The van der Waals surface area contributed by atoms with Gasteiger partial charge in [-0.25, -0.2) is 4.98 Å². The van der Waals surface area contributed by atoms with Crippen molar-refractivity contribution < 1.29 is 13.9 Å². The molecule has 0 spiro atoms. The third-order valence-electron chi connectivity index (χ3n) is 6.51. The van der Waals surface area contributed by atoms with Crippen molar-refractivity contribution in [3.8, 4) is 22.3 Å². The Morgan fingerprint density at radius 3 is 2.62 bits per heavy atom. The monoisotopic (exact) mass is 458 g/mol. The van der Waals surface area contributed by atoms with Crippen LogP contribution in [0, 0.1) is 5.95 Å². The molecule has 3 heterocycles. The largest absolute Gasteiger partial charge is 0.383 e. The molecule has 0 atom stereocenters. The van der Waals surface area contributed by atoms with Gasteiger partial charge in [0.25, 0.3) is 5.91 Å². The molecule has 2 aromatic carbocycles. The molecule has 5 rings (SSSR count). The Hall–Kier alpha value is -3.55. The van der Waals surface area contributed by atoms with Crippen LogP contribution in [0.4, 0.5) is 10.2 Å². The Kier molecular flexibility index (Phi) is 6.13. The second-order valence-electron chi connectivity index (χ2n) is 8.67. The topological polar surface area (TPSA) is 80.5 Å². The Balaban J connectivity index is 1.42. The summed E-state index contributed by atoms with van der Waals surface area (Å²) in [5.41, 5.74) is 12.7. The third kappa shape index (κ3) is 4.32. The Morgan fingerprint density at radius 1 is 1.06 bits per heavy atom. The predicted molar refractivity (Wildman–Crippen MR) is 132 cm³/mol. The van der Waals surface area contributed by atoms with E-state index < -0.39 is 5.95 Å². The first kappa shape index (κ1) is 22.3. The summed E-state index contributed by atoms with van der Waals surface area (Å²) >= 11 is 0. The van der Waals surface area contributed by atoms with Gasteiger partial charge in [0.1, 0.15) is 5.82 Å². The van der Waals surface area contributed by atoms with E-state index in [4.69, 9.17) is 10.5 Å². The van der Waals surface area contributed by atoms with Gasteiger partial charge in [-0.05, 0) is 46.4 Å². The fourth-order valence-corrected chi connectivity index (χ4v) is 4.61. The average Bonchev–Trinajstić information content (AvgIpc) is 3.32. The minimum atomic E-state index is -0.600. The SMILES string of the molecule is COCCN1CC=C(c2ccc(-c3cc(-c4ccc5c(c4)CCNC5=O)c(N)nc3F)cc2)C1. The zero-order chi connectivity index (χ0) is 23.7. The molecule has 1 aromatic heterocycles. The van der Waals surface area contributed by atoms with Crippen LogP contribution in [0.15, 0.2) is 54.6 Å². The van der Waals surface area contributed by atoms with Gasteiger partial charge >= 0.3 is 0 Å². The molecule has 0 saturated heterocycles. The number of carbonyl (C=O) groups is 1. The maximum atomic E-state index is 14.9. The lowest BCUT2D eigenvalue weighted by molar-refractivity contribution is 0.0946. The molecule has 0 bridgehead atoms. The van der Waals surface area contributed by atoms with Crippen molar-refractivity contribution in [2.75, 3.05) is 45.6 Å². The van der Waals surface area contributed by atoms with Crippen LogP contribution in [-0.2, 0) is 11.2 Å². The van der Waals surface area contributed by atoms with Crippen molar-refractivity contribution >= 4 is 17.3 Å². The first-order valence-electron chi connectivity index (χ1n) is 11.4. The highest BCUT2D eigenvalue weighted by Gasteiger charge is 2.20. The molecule has 34 heavy (non-hydrogen) atoms. The van der Waals surface area contributed by atoms with Crippen LogP contribution in [0.3, 0.4) is 0 Å². The van der Waals surface area contributed by atoms with Gasteiger partial charge in [-0.1, -0.05) is 42.5 Å². The Morgan fingerprint density at radius 2 is 1.82 bits per heavy atom. The van der Waals surface area contributed by atoms with E-state index in [0.717, 1.165) is 48.3 Å². The first-order valence-corrected chi connectivity index (χ1v) is 11.4. The molecule has 6 nitrogen and oxygen atoms in total. The van der Waals surface area contributed by atoms with Crippen LogP contribution < -0.4 is 11.1 Å². The van der Waals surface area contributed by atoms with E-state index in [9.17, 15) is 9.18 Å². The van der Waals surface area contributed by atoms with E-state index in [-0.39, 0.29) is 11.7 Å². The number of pyridine rings is 1. The van der Waals surface area contributed by atoms with Crippen LogP contribution >= 0.6 is 0 Å². The van der Waals surface area contributed by atoms with Gasteiger partial charge in [0.15, 0.2) is 0 Å². The normalized spacial score (nSPS) is 15.7. The third-order valence-corrected chi connectivity index (χ3v) is 6.51. The van der Waals surface area contributed by atoms with Crippen LogP contribution in [0.2, 0.25) is 0 Å². The lowest BCUT2D eigenvalue weighted by atomic mass is 9.93. The number of rotatable bonds is 6. The molecular weight excluding hydrogens is 431 g/mol. The number of methoxy groups -OCH3 is 1. The van der Waals surface area contributed by atoms with Crippen LogP contribution in [0.25, 0.3) is 27.8 Å². The Bertz CT molecular complexity index is 1270. The summed E-state index contributed by atoms with van der Waals surface area (Å²) < 4.78 is 20.0. The molecule has 2 aliphatic heterocycles. The highest BCUT2D eigenvalue weighted by atomic mass is 19.1. The minimum Gasteiger partial charge on any atom is -0.383 e. The van der Waals surface area contributed by atoms with Gasteiger partial charge in [0.05, 0.1) is 6.61 Å². The van der Waals surface area contributed by atoms with E-state index in [1.807, 2.05) is 36.4 Å². The van der Waals surface area contributed by atoms with E-state index in [0.29, 0.717) is 29.8 Å². The number of ether oxygens (including phenoxy) is 1. The summed E-state index contributed by atoms with van der Waals surface area (Å²) in [5, 5.41) is 2.85. The molecular formula is C27H27FN4O2. The molecule has 0 saturated carbocycles. The number of fused-ring (bicyclic) bond motifs is 1. The fourth-order valence-electron chi connectivity index (χ4n) is 4.61. The fraction of sp³-hybridized carbons (Fsp3) is 0.259. The van der Waals surface area contributed by atoms with Crippen molar-refractivity contribution in [2.24, 2.45) is 0 Å². The summed E-state index contributed by atoms with van der Waals surface area (Å²) in [4.78, 5) is 18.4. The highest BCUT2D eigenvalue weighted by molar-refractivity contribution is 5.97. The Labute approximate surface area is 198 Å². The number of nitrogens with zero attached hydrogens (tertiary/aromatic N) is 2. The number of nitrogens with one attached hydrogen (secondary N) is 1. The molecule has 7 heteroatoms. The minimum absolute atomic E-state index is 0.0713. The van der Waals surface area contributed by atoms with E-state index in [1.165, 1.54) is 5.57 Å². The van der Waals surface area contributed by atoms with E-state index in [2.05, 4.69) is 21.3 Å². The van der Waals surface area contributed by atoms with Gasteiger partial charge in [-0.2, -0.15) is 4.39 Å². The molecule has 1 amide bonds. The summed E-state index contributed by atoms with van der Waals surface area (Å²) in [6.45, 7) is 3.99. The molecule has 3 aromatic rings. The number of hydrogen-bond acceptors (Lipinski definition) is 5. The molecule has 0 aliphatic carbocycles. The van der Waals surface area contributed by atoms with E-state index in [1.54, 1.807) is 19.2 Å². The van der Waals surface area contributed by atoms with Crippen molar-refractivity contribution in [3.63, 3.8) is 0 Å². The number of amides is 1. The number of halogens is 1. The number of hydrogen-bond donors (Lipinski definition) is 2. The van der Waals surface area contributed by atoms with Gasteiger partial charge in [-0.3, -0.25) is 9.69 Å². The summed E-state index contributed by atoms with van der Waals surface area (Å²) in [5.74, 6) is -0.541. The lowest BCUT2D eigenvalue weighted by Crippen LogP contribution is -2.31. The molecule has 0 radical (unpaired) electrons. The lowest BCUT2D eigenvalue weighted by Gasteiger charge is -2.18. The van der Waals surface area contributed by atoms with E-state index >= 15 is 0 Å². The van der Waals surface area contributed by atoms with Crippen LogP contribution in [-0.4, -0.2) is 55.7 Å². The summed E-state index contributed by atoms with van der Waals surface area (Å²) in [6.07, 6.45) is 2.97.